The van der Waals surface area contributed by atoms with Crippen LogP contribution in [0.25, 0.3) is 0 Å². The summed E-state index contributed by atoms with van der Waals surface area (Å²) in [5, 5.41) is 2.72. The number of furan rings is 1. The Morgan fingerprint density at radius 1 is 1.15 bits per heavy atom. The number of carbonyl (C=O) groups excluding carboxylic acids is 2. The highest BCUT2D eigenvalue weighted by Gasteiger charge is 2.22. The molecule has 1 aromatic carbocycles. The summed E-state index contributed by atoms with van der Waals surface area (Å²) in [6, 6.07) is 13.2. The summed E-state index contributed by atoms with van der Waals surface area (Å²) in [5.74, 6) is -0.0569. The van der Waals surface area contributed by atoms with E-state index in [0.717, 1.165) is 25.0 Å². The lowest BCUT2D eigenvalue weighted by Crippen LogP contribution is -2.38. The number of hydrogen-bond donors (Lipinski definition) is 1. The summed E-state index contributed by atoms with van der Waals surface area (Å²) in [6.45, 7) is 2.16. The van der Waals surface area contributed by atoms with Crippen LogP contribution in [-0.4, -0.2) is 42.5 Å². The van der Waals surface area contributed by atoms with Gasteiger partial charge < -0.3 is 19.4 Å². The number of nitrogens with one attached hydrogen (secondary N) is 1. The van der Waals surface area contributed by atoms with Crippen LogP contribution in [0.5, 0.6) is 0 Å². The lowest BCUT2D eigenvalue weighted by atomic mass is 10.1. The Morgan fingerprint density at radius 3 is 2.69 bits per heavy atom. The molecule has 2 heterocycles. The average Bonchev–Trinajstić information content (AvgIpc) is 3.36. The van der Waals surface area contributed by atoms with Crippen LogP contribution >= 0.6 is 0 Å². The van der Waals surface area contributed by atoms with Crippen molar-refractivity contribution >= 4 is 11.8 Å². The number of amides is 2. The summed E-state index contributed by atoms with van der Waals surface area (Å²) in [6.07, 6.45) is 3.81. The Hall–Kier alpha value is -2.60. The minimum absolute atomic E-state index is 0.00379. The normalized spacial score (nSPS) is 16.4. The molecule has 6 nitrogen and oxygen atoms in total. The molecule has 0 saturated carbocycles. The van der Waals surface area contributed by atoms with Crippen molar-refractivity contribution in [3.8, 4) is 0 Å². The lowest BCUT2D eigenvalue weighted by molar-refractivity contribution is -0.133. The topological polar surface area (TPSA) is 71.8 Å². The van der Waals surface area contributed by atoms with E-state index in [1.165, 1.54) is 6.26 Å². The predicted molar refractivity (Wildman–Crippen MR) is 96.5 cm³/mol. The molecular formula is C20H24N2O4. The van der Waals surface area contributed by atoms with Gasteiger partial charge in [-0.25, -0.2) is 0 Å². The second-order valence-corrected chi connectivity index (χ2v) is 6.38. The van der Waals surface area contributed by atoms with Gasteiger partial charge in [0.05, 0.1) is 12.4 Å². The molecule has 1 atom stereocenters. The van der Waals surface area contributed by atoms with Gasteiger partial charge in [-0.05, 0) is 30.5 Å². The van der Waals surface area contributed by atoms with Crippen LogP contribution < -0.4 is 5.32 Å². The number of benzene rings is 1. The first-order valence-electron chi connectivity index (χ1n) is 8.97. The monoisotopic (exact) mass is 356 g/mol. The summed E-state index contributed by atoms with van der Waals surface area (Å²) in [5.41, 5.74) is 1.08. The molecule has 2 aromatic rings. The molecule has 0 aliphatic carbocycles. The zero-order chi connectivity index (χ0) is 18.2. The molecule has 26 heavy (non-hydrogen) atoms. The van der Waals surface area contributed by atoms with E-state index in [0.29, 0.717) is 13.1 Å². The van der Waals surface area contributed by atoms with Gasteiger partial charge in [-0.2, -0.15) is 0 Å². The zero-order valence-corrected chi connectivity index (χ0v) is 14.7. The smallest absolute Gasteiger partial charge is 0.286 e. The number of hydrogen-bond acceptors (Lipinski definition) is 4. The molecule has 3 rings (SSSR count). The van der Waals surface area contributed by atoms with E-state index in [-0.39, 0.29) is 36.6 Å². The van der Waals surface area contributed by atoms with E-state index in [2.05, 4.69) is 5.32 Å². The molecule has 0 spiro atoms. The summed E-state index contributed by atoms with van der Waals surface area (Å²) in [4.78, 5) is 26.4. The zero-order valence-electron chi connectivity index (χ0n) is 14.7. The minimum atomic E-state index is -0.309. The molecule has 1 fully saturated rings. The highest BCUT2D eigenvalue weighted by molar-refractivity contribution is 5.91. The van der Waals surface area contributed by atoms with E-state index in [9.17, 15) is 9.59 Å². The Balaban J connectivity index is 1.54. The van der Waals surface area contributed by atoms with Gasteiger partial charge in [0.25, 0.3) is 5.91 Å². The summed E-state index contributed by atoms with van der Waals surface area (Å²) >= 11 is 0. The van der Waals surface area contributed by atoms with Gasteiger partial charge in [0.1, 0.15) is 0 Å². The van der Waals surface area contributed by atoms with Crippen molar-refractivity contribution < 1.29 is 18.7 Å². The molecule has 1 aliphatic rings. The standard InChI is InChI=1S/C20H24N2O4/c23-19(10-11-21-20(24)18-9-5-13-26-18)22(15-17-8-4-12-25-17)14-16-6-2-1-3-7-16/h1-3,5-7,9,13,17H,4,8,10-12,14-15H2,(H,21,24). The highest BCUT2D eigenvalue weighted by Crippen LogP contribution is 2.16. The quantitative estimate of drug-likeness (QED) is 0.789. The van der Waals surface area contributed by atoms with Gasteiger partial charge >= 0.3 is 0 Å². The van der Waals surface area contributed by atoms with Crippen molar-refractivity contribution in [2.45, 2.75) is 31.9 Å². The van der Waals surface area contributed by atoms with E-state index >= 15 is 0 Å². The molecule has 6 heteroatoms. The molecule has 1 aliphatic heterocycles. The van der Waals surface area contributed by atoms with Crippen LogP contribution in [0.3, 0.4) is 0 Å². The van der Waals surface area contributed by atoms with Crippen molar-refractivity contribution in [3.05, 3.63) is 60.1 Å². The molecule has 1 unspecified atom stereocenters. The Bertz CT molecular complexity index is 694. The Morgan fingerprint density at radius 2 is 2.00 bits per heavy atom. The van der Waals surface area contributed by atoms with Gasteiger partial charge in [-0.3, -0.25) is 9.59 Å². The SMILES string of the molecule is O=C(NCCC(=O)N(Cc1ccccc1)CC1CCCO1)c1ccco1. The summed E-state index contributed by atoms with van der Waals surface area (Å²) < 4.78 is 10.7. The molecule has 1 aromatic heterocycles. The van der Waals surface area contributed by atoms with Crippen molar-refractivity contribution in [1.82, 2.24) is 10.2 Å². The average molecular weight is 356 g/mol. The number of ether oxygens (including phenoxy) is 1. The molecule has 1 saturated heterocycles. The fourth-order valence-electron chi connectivity index (χ4n) is 3.03. The second kappa shape index (κ2) is 9.20. The highest BCUT2D eigenvalue weighted by atomic mass is 16.5. The first-order chi connectivity index (χ1) is 12.7. The third kappa shape index (κ3) is 5.20. The Labute approximate surface area is 153 Å². The molecule has 0 bridgehead atoms. The van der Waals surface area contributed by atoms with E-state index in [1.54, 1.807) is 12.1 Å². The van der Waals surface area contributed by atoms with Crippen LogP contribution in [0, 0.1) is 0 Å². The van der Waals surface area contributed by atoms with E-state index in [1.807, 2.05) is 35.2 Å². The Kier molecular flexibility index (Phi) is 6.44. The third-order valence-electron chi connectivity index (χ3n) is 4.39. The largest absolute Gasteiger partial charge is 0.459 e. The maximum atomic E-state index is 12.7. The van der Waals surface area contributed by atoms with Crippen molar-refractivity contribution in [1.29, 1.82) is 0 Å². The molecular weight excluding hydrogens is 332 g/mol. The molecule has 0 radical (unpaired) electrons. The fourth-order valence-corrected chi connectivity index (χ4v) is 3.03. The van der Waals surface area contributed by atoms with Crippen LogP contribution in [0.1, 0.15) is 35.4 Å². The van der Waals surface area contributed by atoms with Gasteiger partial charge in [0.15, 0.2) is 5.76 Å². The maximum Gasteiger partial charge on any atom is 0.286 e. The first kappa shape index (κ1) is 18.2. The van der Waals surface area contributed by atoms with Gasteiger partial charge in [-0.1, -0.05) is 30.3 Å². The van der Waals surface area contributed by atoms with Crippen LogP contribution in [-0.2, 0) is 16.1 Å². The number of carbonyl (C=O) groups is 2. The van der Waals surface area contributed by atoms with E-state index < -0.39 is 0 Å². The molecule has 2 amide bonds. The van der Waals surface area contributed by atoms with Gasteiger partial charge in [0, 0.05) is 32.7 Å². The van der Waals surface area contributed by atoms with Crippen LogP contribution in [0.4, 0.5) is 0 Å². The second-order valence-electron chi connectivity index (χ2n) is 6.38. The number of nitrogens with zero attached hydrogens (tertiary/aromatic N) is 1. The third-order valence-corrected chi connectivity index (χ3v) is 4.39. The fraction of sp³-hybridized carbons (Fsp3) is 0.400. The maximum absolute atomic E-state index is 12.7. The van der Waals surface area contributed by atoms with Gasteiger partial charge in [-0.15, -0.1) is 0 Å². The lowest BCUT2D eigenvalue weighted by Gasteiger charge is -2.26. The summed E-state index contributed by atoms with van der Waals surface area (Å²) in [7, 11) is 0. The number of rotatable bonds is 8. The van der Waals surface area contributed by atoms with Crippen LogP contribution in [0.2, 0.25) is 0 Å². The van der Waals surface area contributed by atoms with Crippen molar-refractivity contribution in [3.63, 3.8) is 0 Å². The van der Waals surface area contributed by atoms with Crippen molar-refractivity contribution in [2.75, 3.05) is 19.7 Å². The molecule has 1 N–H and O–H groups in total. The minimum Gasteiger partial charge on any atom is -0.459 e. The van der Waals surface area contributed by atoms with Crippen LogP contribution in [0.15, 0.2) is 53.1 Å². The van der Waals surface area contributed by atoms with Gasteiger partial charge in [0.2, 0.25) is 5.91 Å². The first-order valence-corrected chi connectivity index (χ1v) is 8.97. The van der Waals surface area contributed by atoms with Crippen molar-refractivity contribution in [2.24, 2.45) is 0 Å². The molecule has 138 valence electrons. The predicted octanol–water partition coefficient (Wildman–Crippen LogP) is 2.61. The van der Waals surface area contributed by atoms with E-state index in [4.69, 9.17) is 9.15 Å².